The van der Waals surface area contributed by atoms with Crippen LogP contribution in [0.2, 0.25) is 0 Å². The average molecular weight is 529 g/mol. The van der Waals surface area contributed by atoms with Gasteiger partial charge in [0.2, 0.25) is 23.6 Å². The normalized spacial score (nSPS) is 20.8. The number of aromatic hydroxyl groups is 2. The highest BCUT2D eigenvalue weighted by atomic mass is 16.3. The van der Waals surface area contributed by atoms with E-state index in [1.807, 2.05) is 0 Å². The zero-order chi connectivity index (χ0) is 28.0. The Balaban J connectivity index is 2.09. The van der Waals surface area contributed by atoms with Crippen LogP contribution in [0.15, 0.2) is 36.4 Å². The lowest BCUT2D eigenvalue weighted by Crippen LogP contribution is -2.57. The largest absolute Gasteiger partial charge is 0.508 e. The second-order valence-corrected chi connectivity index (χ2v) is 9.13. The van der Waals surface area contributed by atoms with Crippen molar-refractivity contribution >= 4 is 23.6 Å². The van der Waals surface area contributed by atoms with Crippen molar-refractivity contribution in [2.45, 2.75) is 43.5 Å². The Morgan fingerprint density at radius 3 is 2.11 bits per heavy atom. The molecule has 3 rings (SSSR count). The first-order chi connectivity index (χ1) is 18.0. The van der Waals surface area contributed by atoms with Crippen molar-refractivity contribution in [1.29, 1.82) is 0 Å². The average Bonchev–Trinajstić information content (AvgIpc) is 2.88. The minimum absolute atomic E-state index is 0.0671. The number of nitrogens with two attached hydrogens (primary N) is 3. The highest BCUT2D eigenvalue weighted by molar-refractivity contribution is 5.94. The number of carbonyl (C=O) groups excluding carboxylic acids is 4. The number of phenols is 2. The van der Waals surface area contributed by atoms with Gasteiger partial charge >= 0.3 is 0 Å². The summed E-state index contributed by atoms with van der Waals surface area (Å²) in [5, 5.41) is 38.3. The molecule has 0 saturated carbocycles. The third-order valence-corrected chi connectivity index (χ3v) is 6.18. The monoisotopic (exact) mass is 528 g/mol. The van der Waals surface area contributed by atoms with Crippen LogP contribution in [0.4, 0.5) is 0 Å². The van der Waals surface area contributed by atoms with Crippen LogP contribution >= 0.6 is 0 Å². The Kier molecular flexibility index (Phi) is 9.23. The van der Waals surface area contributed by atoms with Gasteiger partial charge in [-0.25, -0.2) is 0 Å². The second-order valence-electron chi connectivity index (χ2n) is 9.13. The van der Waals surface area contributed by atoms with Crippen LogP contribution in [0.25, 0.3) is 11.1 Å². The van der Waals surface area contributed by atoms with E-state index in [1.165, 1.54) is 12.1 Å². The minimum atomic E-state index is -1.33. The van der Waals surface area contributed by atoms with Crippen molar-refractivity contribution in [3.05, 3.63) is 47.5 Å². The zero-order valence-electron chi connectivity index (χ0n) is 20.5. The third-order valence-electron chi connectivity index (χ3n) is 6.18. The molecular formula is C25H32N6O7. The molecule has 13 heteroatoms. The molecule has 12 N–H and O–H groups in total. The van der Waals surface area contributed by atoms with E-state index in [0.29, 0.717) is 22.3 Å². The maximum absolute atomic E-state index is 13.2. The van der Waals surface area contributed by atoms with Crippen molar-refractivity contribution in [2.75, 3.05) is 13.1 Å². The standard InChI is InChI=1S/C25H32N6O7/c26-10-16(32)9-19-25(38)31-18(24(37)29-11-22(28)35)8-15-6-13(2-4-21(15)34)12-1-3-20(33)14(5-12)7-17(27)23(36)30-19/h1-6,16-19,32-34H,7-11,26-27H2,(H2,28,35)(H,29,37)(H,30,36)(H,31,38)/t16-,17+,18+,19+/m1/s1. The molecule has 0 radical (unpaired) electrons. The maximum Gasteiger partial charge on any atom is 0.243 e. The topological polar surface area (TPSA) is 243 Å². The van der Waals surface area contributed by atoms with E-state index in [2.05, 4.69) is 16.0 Å². The number of carbonyl (C=O) groups is 4. The Morgan fingerprint density at radius 2 is 1.55 bits per heavy atom. The number of nitrogens with one attached hydrogen (secondary N) is 3. The molecule has 2 aromatic rings. The van der Waals surface area contributed by atoms with Gasteiger partial charge in [0, 0.05) is 25.8 Å². The highest BCUT2D eigenvalue weighted by Gasteiger charge is 2.31. The van der Waals surface area contributed by atoms with E-state index in [-0.39, 0.29) is 37.3 Å². The van der Waals surface area contributed by atoms with Gasteiger partial charge in [0.15, 0.2) is 0 Å². The SMILES string of the molecule is NC[C@H](O)C[C@@H]1NC(=O)[C@@H](N)Cc2cc(ccc2O)-c2ccc(O)c(c2)C[C@@H](C(=O)NCC(N)=O)NC1=O. The number of aliphatic hydroxyl groups excluding tert-OH is 1. The molecule has 1 aliphatic rings. The van der Waals surface area contributed by atoms with Crippen LogP contribution < -0.4 is 33.2 Å². The van der Waals surface area contributed by atoms with Crippen LogP contribution in [-0.2, 0) is 32.0 Å². The molecule has 2 aromatic carbocycles. The molecule has 4 bridgehead atoms. The first kappa shape index (κ1) is 28.4. The fourth-order valence-electron chi connectivity index (χ4n) is 4.06. The molecule has 38 heavy (non-hydrogen) atoms. The van der Waals surface area contributed by atoms with E-state index in [9.17, 15) is 34.5 Å². The van der Waals surface area contributed by atoms with Gasteiger partial charge in [-0.1, -0.05) is 12.1 Å². The number of hydrogen-bond acceptors (Lipinski definition) is 9. The molecule has 204 valence electrons. The summed E-state index contributed by atoms with van der Waals surface area (Å²) in [6, 6.07) is 5.61. The molecule has 4 atom stereocenters. The Labute approximate surface area is 218 Å². The van der Waals surface area contributed by atoms with Gasteiger partial charge in [0.05, 0.1) is 18.7 Å². The summed E-state index contributed by atoms with van der Waals surface area (Å²) in [4.78, 5) is 50.2. The van der Waals surface area contributed by atoms with E-state index in [1.54, 1.807) is 24.3 Å². The first-order valence-corrected chi connectivity index (χ1v) is 11.9. The van der Waals surface area contributed by atoms with E-state index < -0.39 is 54.4 Å². The van der Waals surface area contributed by atoms with Gasteiger partial charge in [0.25, 0.3) is 0 Å². The molecule has 0 aromatic heterocycles. The lowest BCUT2D eigenvalue weighted by molar-refractivity contribution is -0.133. The molecule has 0 spiro atoms. The number of primary amides is 1. The van der Waals surface area contributed by atoms with Gasteiger partial charge < -0.3 is 48.5 Å². The summed E-state index contributed by atoms with van der Waals surface area (Å²) in [5.74, 6) is -3.36. The van der Waals surface area contributed by atoms with Crippen molar-refractivity contribution in [2.24, 2.45) is 17.2 Å². The summed E-state index contributed by atoms with van der Waals surface area (Å²) in [5.41, 5.74) is 18.6. The highest BCUT2D eigenvalue weighted by Crippen LogP contribution is 2.30. The predicted molar refractivity (Wildman–Crippen MR) is 136 cm³/mol. The van der Waals surface area contributed by atoms with Gasteiger partial charge in [0.1, 0.15) is 23.6 Å². The molecular weight excluding hydrogens is 496 g/mol. The minimum Gasteiger partial charge on any atom is -0.508 e. The van der Waals surface area contributed by atoms with Crippen LogP contribution in [0.1, 0.15) is 17.5 Å². The van der Waals surface area contributed by atoms with Crippen molar-refractivity contribution in [3.8, 4) is 22.6 Å². The summed E-state index contributed by atoms with van der Waals surface area (Å²) >= 11 is 0. The van der Waals surface area contributed by atoms with Crippen LogP contribution in [0.3, 0.4) is 0 Å². The summed E-state index contributed by atoms with van der Waals surface area (Å²) in [6.45, 7) is -0.690. The van der Waals surface area contributed by atoms with E-state index >= 15 is 0 Å². The van der Waals surface area contributed by atoms with Crippen LogP contribution in [-0.4, -0.2) is 76.3 Å². The predicted octanol–water partition coefficient (Wildman–Crippen LogP) is -2.53. The molecule has 1 heterocycles. The lowest BCUT2D eigenvalue weighted by atomic mass is 9.95. The second kappa shape index (κ2) is 12.4. The van der Waals surface area contributed by atoms with E-state index in [4.69, 9.17) is 17.2 Å². The smallest absolute Gasteiger partial charge is 0.243 e. The quantitative estimate of drug-likeness (QED) is 0.192. The van der Waals surface area contributed by atoms with Gasteiger partial charge in [-0.05, 0) is 46.5 Å². The van der Waals surface area contributed by atoms with E-state index in [0.717, 1.165) is 0 Å². The number of phenolic OH excluding ortho intramolecular Hbond substituents is 2. The molecule has 0 unspecified atom stereocenters. The zero-order valence-corrected chi connectivity index (χ0v) is 20.5. The van der Waals surface area contributed by atoms with Crippen molar-refractivity contribution in [1.82, 2.24) is 16.0 Å². The molecule has 0 saturated heterocycles. The van der Waals surface area contributed by atoms with Gasteiger partial charge in [-0.15, -0.1) is 0 Å². The first-order valence-electron chi connectivity index (χ1n) is 11.9. The summed E-state index contributed by atoms with van der Waals surface area (Å²) < 4.78 is 0. The van der Waals surface area contributed by atoms with Crippen molar-refractivity contribution in [3.63, 3.8) is 0 Å². The molecule has 0 fully saturated rings. The van der Waals surface area contributed by atoms with Gasteiger partial charge in [-0.2, -0.15) is 0 Å². The third kappa shape index (κ3) is 7.18. The Morgan fingerprint density at radius 1 is 0.974 bits per heavy atom. The maximum atomic E-state index is 13.2. The van der Waals surface area contributed by atoms with Gasteiger partial charge in [-0.3, -0.25) is 19.2 Å². The van der Waals surface area contributed by atoms with Crippen molar-refractivity contribution < 1.29 is 34.5 Å². The van der Waals surface area contributed by atoms with Crippen LogP contribution in [0.5, 0.6) is 11.5 Å². The Hall–Kier alpha value is -4.20. The number of hydrogen-bond donors (Lipinski definition) is 9. The fourth-order valence-corrected chi connectivity index (χ4v) is 4.06. The fraction of sp³-hybridized carbons (Fsp3) is 0.360. The molecule has 4 amide bonds. The van der Waals surface area contributed by atoms with Crippen LogP contribution in [0, 0.1) is 0 Å². The Bertz CT molecular complexity index is 1220. The number of benzene rings is 2. The number of rotatable bonds is 6. The molecule has 13 nitrogen and oxygen atoms in total. The number of fused-ring (bicyclic) bond motifs is 5. The summed E-state index contributed by atoms with van der Waals surface area (Å²) in [6.07, 6.45) is -1.70. The molecule has 0 aliphatic carbocycles. The lowest BCUT2D eigenvalue weighted by Gasteiger charge is -2.25. The number of amides is 4. The summed E-state index contributed by atoms with van der Waals surface area (Å²) in [7, 11) is 0. The molecule has 1 aliphatic heterocycles. The number of aliphatic hydroxyl groups is 1.